The number of rotatable bonds is 16. The van der Waals surface area contributed by atoms with E-state index in [1.165, 1.54) is 0 Å². The Morgan fingerprint density at radius 1 is 1.03 bits per heavy atom. The number of hydrogen-bond donors (Lipinski definition) is 3. The molecule has 0 atom stereocenters. The molecule has 184 valence electrons. The van der Waals surface area contributed by atoms with Crippen molar-refractivity contribution in [2.24, 2.45) is 5.73 Å². The quantitative estimate of drug-likeness (QED) is 0.178. The summed E-state index contributed by atoms with van der Waals surface area (Å²) in [5.41, 5.74) is 5.95. The predicted molar refractivity (Wildman–Crippen MR) is 131 cm³/mol. The van der Waals surface area contributed by atoms with E-state index in [0.29, 0.717) is 41.9 Å². The number of nitro groups is 1. The molecule has 0 unspecified atom stereocenters. The minimum Gasteiger partial charge on any atom is -0.464 e. The highest BCUT2D eigenvalue weighted by molar-refractivity contribution is 7.98. The monoisotopic (exact) mass is 499 g/mol. The molecule has 33 heavy (non-hydrogen) atoms. The highest BCUT2D eigenvalue weighted by atomic mass is 32.2. The van der Waals surface area contributed by atoms with Crippen molar-refractivity contribution >= 4 is 23.5 Å². The smallest absolute Gasteiger partial charge is 0.286 e. The molecule has 0 bridgehead atoms. The summed E-state index contributed by atoms with van der Waals surface area (Å²) in [7, 11) is 5.51. The maximum atomic E-state index is 11.4. The van der Waals surface area contributed by atoms with E-state index in [9.17, 15) is 15.3 Å². The summed E-state index contributed by atoms with van der Waals surface area (Å²) < 4.78 is 11.4. The Morgan fingerprint density at radius 3 is 2.12 bits per heavy atom. The fraction of sp³-hybridized carbons (Fsp3) is 0.524. The molecular formula is C21H33N5O5S2. The molecule has 2 aromatic rings. The highest BCUT2D eigenvalue weighted by Crippen LogP contribution is 2.19. The average Bonchev–Trinajstić information content (AvgIpc) is 3.35. The molecule has 0 aromatic carbocycles. The van der Waals surface area contributed by atoms with Crippen LogP contribution < -0.4 is 11.1 Å². The van der Waals surface area contributed by atoms with E-state index in [4.69, 9.17) is 14.6 Å². The van der Waals surface area contributed by atoms with Gasteiger partial charge in [0.1, 0.15) is 23.0 Å². The fourth-order valence-electron chi connectivity index (χ4n) is 2.91. The molecule has 0 saturated carbocycles. The number of hydroxylamine groups is 2. The van der Waals surface area contributed by atoms with Gasteiger partial charge < -0.3 is 30.0 Å². The molecule has 0 spiro atoms. The van der Waals surface area contributed by atoms with Crippen LogP contribution in [0.25, 0.3) is 0 Å². The summed E-state index contributed by atoms with van der Waals surface area (Å²) in [6.45, 7) is 1.58. The normalized spacial score (nSPS) is 12.4. The van der Waals surface area contributed by atoms with Crippen molar-refractivity contribution in [2.75, 3.05) is 39.2 Å². The van der Waals surface area contributed by atoms with Crippen molar-refractivity contribution in [3.8, 4) is 0 Å². The molecule has 2 heterocycles. The lowest BCUT2D eigenvalue weighted by molar-refractivity contribution is -0.429. The van der Waals surface area contributed by atoms with Crippen molar-refractivity contribution in [3.05, 3.63) is 68.9 Å². The van der Waals surface area contributed by atoms with Gasteiger partial charge in [-0.3, -0.25) is 10.1 Å². The molecule has 12 heteroatoms. The minimum atomic E-state index is -0.416. The molecule has 0 radical (unpaired) electrons. The molecule has 0 aliphatic heterocycles. The van der Waals surface area contributed by atoms with Gasteiger partial charge in [0.05, 0.1) is 35.9 Å². The lowest BCUT2D eigenvalue weighted by Gasteiger charge is -2.08. The molecule has 10 nitrogen and oxygen atoms in total. The van der Waals surface area contributed by atoms with Crippen molar-refractivity contribution in [1.29, 1.82) is 0 Å². The third-order valence-electron chi connectivity index (χ3n) is 4.36. The predicted octanol–water partition coefficient (Wildman–Crippen LogP) is 3.31. The summed E-state index contributed by atoms with van der Waals surface area (Å²) in [6, 6.07) is 7.61. The molecule has 0 saturated heterocycles. The summed E-state index contributed by atoms with van der Waals surface area (Å²) >= 11 is 3.20. The molecule has 0 aliphatic rings. The molecule has 0 fully saturated rings. The summed E-state index contributed by atoms with van der Waals surface area (Å²) in [4.78, 5) is 13.0. The first kappa shape index (κ1) is 27.1. The Morgan fingerprint density at radius 2 is 1.58 bits per heavy atom. The van der Waals surface area contributed by atoms with E-state index in [0.717, 1.165) is 28.9 Å². The number of thioether (sulfide) groups is 2. The van der Waals surface area contributed by atoms with Gasteiger partial charge in [-0.25, -0.2) is 0 Å². The van der Waals surface area contributed by atoms with Gasteiger partial charge in [0.2, 0.25) is 0 Å². The van der Waals surface area contributed by atoms with Crippen LogP contribution in [0.1, 0.15) is 29.5 Å². The maximum absolute atomic E-state index is 11.4. The maximum Gasteiger partial charge on any atom is 0.286 e. The van der Waals surface area contributed by atoms with Crippen LogP contribution in [0.5, 0.6) is 0 Å². The SMILES string of the molecule is CN(C)Cc1ccc(CSCCC(=C(N)NCCSCc2ccc(CN(C)O)o2)[N+](=O)[O-])o1. The molecule has 4 N–H and O–H groups in total. The lowest BCUT2D eigenvalue weighted by Crippen LogP contribution is -2.26. The van der Waals surface area contributed by atoms with Gasteiger partial charge in [-0.15, -0.1) is 0 Å². The topological polar surface area (TPSA) is 134 Å². The van der Waals surface area contributed by atoms with E-state index in [-0.39, 0.29) is 17.9 Å². The summed E-state index contributed by atoms with van der Waals surface area (Å²) in [5, 5.41) is 24.7. The second-order valence-electron chi connectivity index (χ2n) is 7.69. The second kappa shape index (κ2) is 14.2. The van der Waals surface area contributed by atoms with E-state index in [2.05, 4.69) is 5.32 Å². The zero-order valence-electron chi connectivity index (χ0n) is 19.3. The first-order valence-electron chi connectivity index (χ1n) is 10.5. The van der Waals surface area contributed by atoms with E-state index < -0.39 is 4.92 Å². The molecule has 2 rings (SSSR count). The number of nitrogens with zero attached hydrogens (tertiary/aromatic N) is 3. The number of furan rings is 2. The molecule has 0 aliphatic carbocycles. The van der Waals surface area contributed by atoms with Crippen LogP contribution >= 0.6 is 23.5 Å². The van der Waals surface area contributed by atoms with Gasteiger partial charge in [-0.2, -0.15) is 28.6 Å². The fourth-order valence-corrected chi connectivity index (χ4v) is 4.49. The number of nitrogens with two attached hydrogens (primary N) is 1. The Balaban J connectivity index is 1.68. The Hall–Kier alpha value is -2.12. The van der Waals surface area contributed by atoms with Gasteiger partial charge in [0, 0.05) is 25.1 Å². The van der Waals surface area contributed by atoms with Crippen LogP contribution in [0, 0.1) is 10.1 Å². The number of hydrogen-bond acceptors (Lipinski definition) is 11. The van der Waals surface area contributed by atoms with E-state index in [1.54, 1.807) is 30.6 Å². The van der Waals surface area contributed by atoms with Gasteiger partial charge in [0.25, 0.3) is 5.70 Å². The second-order valence-corrected chi connectivity index (χ2v) is 9.90. The van der Waals surface area contributed by atoms with E-state index >= 15 is 0 Å². The highest BCUT2D eigenvalue weighted by Gasteiger charge is 2.16. The number of nitrogens with one attached hydrogen (secondary N) is 1. The Kier molecular flexibility index (Phi) is 11.7. The largest absolute Gasteiger partial charge is 0.464 e. The van der Waals surface area contributed by atoms with Crippen LogP contribution in [0.15, 0.2) is 44.6 Å². The van der Waals surface area contributed by atoms with Crippen molar-refractivity contribution in [1.82, 2.24) is 15.3 Å². The Labute approximate surface area is 202 Å². The van der Waals surface area contributed by atoms with Gasteiger partial charge in [-0.1, -0.05) is 0 Å². The summed E-state index contributed by atoms with van der Waals surface area (Å²) in [5.74, 6) is 5.98. The first-order valence-corrected chi connectivity index (χ1v) is 12.8. The summed E-state index contributed by atoms with van der Waals surface area (Å²) in [6.07, 6.45) is 0.267. The van der Waals surface area contributed by atoms with Crippen LogP contribution in [-0.4, -0.2) is 59.3 Å². The van der Waals surface area contributed by atoms with Gasteiger partial charge in [-0.05, 0) is 38.4 Å². The number of allylic oxidation sites excluding steroid dienone is 1. The van der Waals surface area contributed by atoms with Crippen LogP contribution in [0.2, 0.25) is 0 Å². The standard InChI is InChI=1S/C21H33N5O5S2/c1-24(2)12-16-4-6-18(30-16)14-32-10-8-20(26(28)29)21(22)23-9-11-33-15-19-7-5-17(31-19)13-25(3)27/h4-7,23,27H,8-15,22H2,1-3H3. The molecular weight excluding hydrogens is 466 g/mol. The van der Waals surface area contributed by atoms with Crippen molar-refractivity contribution < 1.29 is 19.0 Å². The van der Waals surface area contributed by atoms with Crippen molar-refractivity contribution in [2.45, 2.75) is 31.0 Å². The van der Waals surface area contributed by atoms with Gasteiger partial charge >= 0.3 is 0 Å². The Bertz CT molecular complexity index is 897. The van der Waals surface area contributed by atoms with E-state index in [1.807, 2.05) is 43.3 Å². The lowest BCUT2D eigenvalue weighted by atomic mass is 10.3. The third-order valence-corrected chi connectivity index (χ3v) is 6.32. The molecule has 0 amide bonds. The average molecular weight is 500 g/mol. The van der Waals surface area contributed by atoms with Crippen LogP contribution in [0.3, 0.4) is 0 Å². The van der Waals surface area contributed by atoms with Crippen LogP contribution in [-0.2, 0) is 24.6 Å². The zero-order valence-corrected chi connectivity index (χ0v) is 20.9. The zero-order chi connectivity index (χ0) is 24.2. The van der Waals surface area contributed by atoms with Crippen LogP contribution in [0.4, 0.5) is 0 Å². The minimum absolute atomic E-state index is 0.00374. The van der Waals surface area contributed by atoms with Gasteiger partial charge in [0.15, 0.2) is 5.82 Å². The van der Waals surface area contributed by atoms with Crippen molar-refractivity contribution in [3.63, 3.8) is 0 Å². The first-order chi connectivity index (χ1) is 15.7. The third kappa shape index (κ3) is 10.6. The molecule has 2 aromatic heterocycles.